The third-order valence-electron chi connectivity index (χ3n) is 14.5. The summed E-state index contributed by atoms with van der Waals surface area (Å²) in [6.45, 7) is 10.5. The van der Waals surface area contributed by atoms with Gasteiger partial charge in [0.05, 0.1) is 29.5 Å². The summed E-state index contributed by atoms with van der Waals surface area (Å²) < 4.78 is 6.15. The van der Waals surface area contributed by atoms with Crippen molar-refractivity contribution in [2.45, 2.75) is 128 Å². The van der Waals surface area contributed by atoms with Gasteiger partial charge >= 0.3 is 0 Å². The van der Waals surface area contributed by atoms with Gasteiger partial charge in [-0.25, -0.2) is 0 Å². The number of epoxide rings is 1. The van der Waals surface area contributed by atoms with Crippen LogP contribution in [0.15, 0.2) is 35.9 Å². The van der Waals surface area contributed by atoms with E-state index in [1.807, 2.05) is 19.1 Å². The molecule has 44 heavy (non-hydrogen) atoms. The molecule has 13 atom stereocenters. The first-order chi connectivity index (χ1) is 20.6. The van der Waals surface area contributed by atoms with Crippen LogP contribution in [-0.2, 0) is 16.0 Å². The largest absolute Gasteiger partial charge is 0.508 e. The predicted octanol–water partition coefficient (Wildman–Crippen LogP) is 4.71. The van der Waals surface area contributed by atoms with Gasteiger partial charge in [0.25, 0.3) is 0 Å². The summed E-state index contributed by atoms with van der Waals surface area (Å²) in [4.78, 5) is 14.9. The van der Waals surface area contributed by atoms with Crippen LogP contribution in [0.5, 0.6) is 5.75 Å². The molecule has 1 saturated heterocycles. The Kier molecular flexibility index (Phi) is 6.92. The van der Waals surface area contributed by atoms with Crippen LogP contribution in [-0.4, -0.2) is 66.9 Å². The molecule has 0 spiro atoms. The minimum atomic E-state index is -1.25. The topological polar surface area (TPSA) is 131 Å². The van der Waals surface area contributed by atoms with Crippen LogP contribution >= 0.6 is 0 Å². The second-order valence-corrected chi connectivity index (χ2v) is 16.5. The van der Waals surface area contributed by atoms with Gasteiger partial charge in [0.2, 0.25) is 0 Å². The van der Waals surface area contributed by atoms with Crippen LogP contribution in [0.4, 0.5) is 0 Å². The van der Waals surface area contributed by atoms with Gasteiger partial charge in [-0.3, -0.25) is 4.79 Å². The average molecular weight is 609 g/mol. The quantitative estimate of drug-likeness (QED) is 0.296. The molecule has 5 aliphatic carbocycles. The highest BCUT2D eigenvalue weighted by atomic mass is 16.6. The summed E-state index contributed by atoms with van der Waals surface area (Å²) in [7, 11) is 0. The van der Waals surface area contributed by atoms with Crippen molar-refractivity contribution in [2.24, 2.45) is 45.8 Å². The van der Waals surface area contributed by atoms with E-state index in [1.165, 1.54) is 0 Å². The van der Waals surface area contributed by atoms with E-state index in [0.29, 0.717) is 50.4 Å². The Hall–Kier alpha value is -1.77. The fourth-order valence-electron chi connectivity index (χ4n) is 11.9. The molecule has 5 fully saturated rings. The first-order valence-corrected chi connectivity index (χ1v) is 17.1. The summed E-state index contributed by atoms with van der Waals surface area (Å²) in [5.74, 6) is 0.208. The van der Waals surface area contributed by atoms with Crippen molar-refractivity contribution in [1.29, 1.82) is 0 Å². The highest BCUT2D eigenvalue weighted by molar-refractivity contribution is 5.99. The number of hydrogen-bond donors (Lipinski definition) is 5. The van der Waals surface area contributed by atoms with Crippen molar-refractivity contribution in [2.75, 3.05) is 0 Å². The van der Waals surface area contributed by atoms with Crippen LogP contribution in [0.3, 0.4) is 0 Å². The van der Waals surface area contributed by atoms with Crippen molar-refractivity contribution in [3.63, 3.8) is 0 Å². The Balaban J connectivity index is 1.30. The van der Waals surface area contributed by atoms with Crippen LogP contribution in [0.25, 0.3) is 0 Å². The number of aliphatic hydroxyl groups excluding tert-OH is 2. The van der Waals surface area contributed by atoms with E-state index >= 15 is 0 Å². The third-order valence-corrected chi connectivity index (χ3v) is 14.5. The lowest BCUT2D eigenvalue weighted by atomic mass is 9.34. The second kappa shape index (κ2) is 9.87. The molecule has 0 aromatic heterocycles. The monoisotopic (exact) mass is 608 g/mol. The maximum absolute atomic E-state index is 14.9. The summed E-state index contributed by atoms with van der Waals surface area (Å²) in [6.07, 6.45) is 5.23. The molecule has 7 heteroatoms. The number of carbonyl (C=O) groups excluding carboxylic acids is 1. The molecule has 2 bridgehead atoms. The molecule has 1 aliphatic heterocycles. The molecule has 0 amide bonds. The molecule has 7 rings (SSSR count). The minimum absolute atomic E-state index is 0.00263. The number of phenols is 1. The Morgan fingerprint density at radius 1 is 1.05 bits per heavy atom. The minimum Gasteiger partial charge on any atom is -0.508 e. The Morgan fingerprint density at radius 2 is 1.75 bits per heavy atom. The maximum atomic E-state index is 14.9. The van der Waals surface area contributed by atoms with Crippen LogP contribution in [0, 0.1) is 45.8 Å². The molecule has 4 saturated carbocycles. The smallest absolute Gasteiger partial charge is 0.163 e. The Bertz CT molecular complexity index is 1350. The van der Waals surface area contributed by atoms with Gasteiger partial charge in [0, 0.05) is 16.7 Å². The van der Waals surface area contributed by atoms with Crippen molar-refractivity contribution >= 4 is 5.78 Å². The van der Waals surface area contributed by atoms with Gasteiger partial charge in [-0.15, -0.1) is 0 Å². The Morgan fingerprint density at radius 3 is 2.43 bits per heavy atom. The van der Waals surface area contributed by atoms with Gasteiger partial charge in [-0.05, 0) is 117 Å². The highest BCUT2D eigenvalue weighted by Crippen LogP contribution is 2.75. The zero-order chi connectivity index (χ0) is 31.6. The number of aliphatic hydroxyl groups is 4. The predicted molar refractivity (Wildman–Crippen MR) is 166 cm³/mol. The number of carbonyl (C=O) groups is 1. The molecule has 0 radical (unpaired) electrons. The number of fused-ring (bicyclic) bond motifs is 3. The van der Waals surface area contributed by atoms with Crippen LogP contribution < -0.4 is 0 Å². The molecule has 5 N–H and O–H groups in total. The number of phenolic OH excluding ortho intramolecular Hbond substituents is 1. The number of ether oxygens (including phenoxy) is 1. The van der Waals surface area contributed by atoms with E-state index in [2.05, 4.69) is 27.7 Å². The van der Waals surface area contributed by atoms with Gasteiger partial charge in [0.15, 0.2) is 5.78 Å². The number of hydrogen-bond acceptors (Lipinski definition) is 7. The SMILES string of the molecule is CC(C)C(C)C1OC1C(C)(O)C1CCC2(O)C3=CC(=O)C4(Cc5ccc(O)cc5)C5CCCC4(CC(O)C5O)C3CCC12C. The fraction of sp³-hybridized carbons (Fsp3) is 0.757. The number of benzene rings is 1. The van der Waals surface area contributed by atoms with Crippen molar-refractivity contribution in [3.05, 3.63) is 41.5 Å². The molecule has 1 heterocycles. The molecular formula is C37H52O7. The van der Waals surface area contributed by atoms with Crippen molar-refractivity contribution in [3.8, 4) is 5.75 Å². The first-order valence-electron chi connectivity index (χ1n) is 17.1. The lowest BCUT2D eigenvalue weighted by Gasteiger charge is -2.69. The molecule has 13 unspecified atom stereocenters. The highest BCUT2D eigenvalue weighted by Gasteiger charge is 2.76. The number of allylic oxidation sites excluding steroid dienone is 1. The second-order valence-electron chi connectivity index (χ2n) is 16.5. The van der Waals surface area contributed by atoms with Gasteiger partial charge in [-0.2, -0.15) is 0 Å². The molecule has 242 valence electrons. The standard InChI is InChI=1S/C37H52O7/c1-20(2)21(3)31-32(44-31)34(5,42)28-13-16-37(43)26-17-29(40)36(18-22-8-10-23(38)11-9-22)25-7-6-14-35(36,19-27(39)30(25)41)24(26)12-15-33(28,37)4/h8-11,17,20-21,24-25,27-28,30-32,38-39,41-43H,6-7,12-16,18-19H2,1-5H3. The first kappa shape index (κ1) is 30.9. The number of rotatable bonds is 6. The Labute approximate surface area is 261 Å². The lowest BCUT2D eigenvalue weighted by Crippen LogP contribution is -2.71. The van der Waals surface area contributed by atoms with Crippen LogP contribution in [0.2, 0.25) is 0 Å². The molecule has 7 nitrogen and oxygen atoms in total. The summed E-state index contributed by atoms with van der Waals surface area (Å²) in [5, 5.41) is 57.7. The maximum Gasteiger partial charge on any atom is 0.163 e. The van der Waals surface area contributed by atoms with Gasteiger partial charge < -0.3 is 30.3 Å². The normalized spacial score (nSPS) is 48.1. The van der Waals surface area contributed by atoms with Crippen LogP contribution in [0.1, 0.15) is 91.5 Å². The zero-order valence-electron chi connectivity index (χ0n) is 27.0. The van der Waals surface area contributed by atoms with Crippen molar-refractivity contribution in [1.82, 2.24) is 0 Å². The molecule has 6 aliphatic rings. The summed E-state index contributed by atoms with van der Waals surface area (Å²) >= 11 is 0. The summed E-state index contributed by atoms with van der Waals surface area (Å²) in [5.41, 5.74) is -2.76. The molecular weight excluding hydrogens is 556 g/mol. The van der Waals surface area contributed by atoms with E-state index in [4.69, 9.17) is 4.74 Å². The van der Waals surface area contributed by atoms with E-state index < -0.39 is 39.7 Å². The van der Waals surface area contributed by atoms with E-state index in [1.54, 1.807) is 18.2 Å². The van der Waals surface area contributed by atoms with E-state index in [-0.39, 0.29) is 41.5 Å². The van der Waals surface area contributed by atoms with Gasteiger partial charge in [-0.1, -0.05) is 46.2 Å². The van der Waals surface area contributed by atoms with E-state index in [0.717, 1.165) is 30.4 Å². The summed E-state index contributed by atoms with van der Waals surface area (Å²) in [6, 6.07) is 7.01. The van der Waals surface area contributed by atoms with E-state index in [9.17, 15) is 30.3 Å². The van der Waals surface area contributed by atoms with Crippen molar-refractivity contribution < 1.29 is 35.1 Å². The fourth-order valence-corrected chi connectivity index (χ4v) is 11.9. The third kappa shape index (κ3) is 3.82. The molecule has 1 aromatic rings. The molecule has 1 aromatic carbocycles. The zero-order valence-corrected chi connectivity index (χ0v) is 27.0. The number of ketones is 1. The average Bonchev–Trinajstić information content (AvgIpc) is 3.72. The number of aromatic hydroxyl groups is 1. The lowest BCUT2D eigenvalue weighted by molar-refractivity contribution is -0.227. The van der Waals surface area contributed by atoms with Gasteiger partial charge in [0.1, 0.15) is 11.9 Å².